The van der Waals surface area contributed by atoms with Gasteiger partial charge in [0.2, 0.25) is 0 Å². The van der Waals surface area contributed by atoms with Crippen molar-refractivity contribution in [2.45, 2.75) is 20.0 Å². The standard InChI is InChI=1S/C16H18N4O2/c1-12-8-15(19-11-18-12)9-17-14-4-2-13(3-5-14)10-20-6-7-22-16(20)21/h2-5,8,11,17H,6-7,9-10H2,1H3. The molecule has 0 spiro atoms. The van der Waals surface area contributed by atoms with Gasteiger partial charge in [-0.25, -0.2) is 14.8 Å². The number of rotatable bonds is 5. The van der Waals surface area contributed by atoms with E-state index in [2.05, 4.69) is 15.3 Å². The van der Waals surface area contributed by atoms with Crippen LogP contribution in [0.5, 0.6) is 0 Å². The predicted octanol–water partition coefficient (Wildman–Crippen LogP) is 2.35. The van der Waals surface area contributed by atoms with E-state index in [1.54, 1.807) is 11.2 Å². The summed E-state index contributed by atoms with van der Waals surface area (Å²) in [4.78, 5) is 21.4. The van der Waals surface area contributed by atoms with E-state index in [4.69, 9.17) is 4.74 Å². The third kappa shape index (κ3) is 3.52. The maximum Gasteiger partial charge on any atom is 0.410 e. The molecule has 2 aromatic rings. The van der Waals surface area contributed by atoms with Gasteiger partial charge in [0, 0.05) is 17.9 Å². The highest BCUT2D eigenvalue weighted by molar-refractivity contribution is 5.69. The van der Waals surface area contributed by atoms with E-state index in [-0.39, 0.29) is 6.09 Å². The number of carbonyl (C=O) groups is 1. The number of amides is 1. The molecule has 0 atom stereocenters. The Labute approximate surface area is 129 Å². The van der Waals surface area contributed by atoms with Gasteiger partial charge in [0.25, 0.3) is 0 Å². The van der Waals surface area contributed by atoms with Crippen molar-refractivity contribution >= 4 is 11.8 Å². The van der Waals surface area contributed by atoms with Crippen LogP contribution in [0.4, 0.5) is 10.5 Å². The van der Waals surface area contributed by atoms with Gasteiger partial charge in [-0.05, 0) is 30.7 Å². The van der Waals surface area contributed by atoms with E-state index in [9.17, 15) is 4.79 Å². The van der Waals surface area contributed by atoms with E-state index in [0.29, 0.717) is 26.2 Å². The lowest BCUT2D eigenvalue weighted by Crippen LogP contribution is -2.23. The molecule has 1 aliphatic rings. The molecule has 0 saturated carbocycles. The van der Waals surface area contributed by atoms with Gasteiger partial charge in [0.15, 0.2) is 0 Å². The summed E-state index contributed by atoms with van der Waals surface area (Å²) < 4.78 is 4.92. The lowest BCUT2D eigenvalue weighted by molar-refractivity contribution is 0.157. The van der Waals surface area contributed by atoms with Crippen LogP contribution in [0, 0.1) is 6.92 Å². The molecule has 6 nitrogen and oxygen atoms in total. The summed E-state index contributed by atoms with van der Waals surface area (Å²) in [5.74, 6) is 0. The fourth-order valence-electron chi connectivity index (χ4n) is 2.32. The number of aromatic nitrogens is 2. The Hall–Kier alpha value is -2.63. The minimum atomic E-state index is -0.235. The fourth-order valence-corrected chi connectivity index (χ4v) is 2.32. The van der Waals surface area contributed by atoms with Gasteiger partial charge in [-0.15, -0.1) is 0 Å². The van der Waals surface area contributed by atoms with E-state index in [1.807, 2.05) is 37.3 Å². The minimum Gasteiger partial charge on any atom is -0.448 e. The minimum absolute atomic E-state index is 0.235. The van der Waals surface area contributed by atoms with Gasteiger partial charge < -0.3 is 15.0 Å². The zero-order chi connectivity index (χ0) is 15.4. The van der Waals surface area contributed by atoms with E-state index < -0.39 is 0 Å². The van der Waals surface area contributed by atoms with Gasteiger partial charge in [0.05, 0.1) is 18.8 Å². The molecule has 114 valence electrons. The van der Waals surface area contributed by atoms with Crippen LogP contribution in [0.1, 0.15) is 17.0 Å². The molecule has 1 fully saturated rings. The number of carbonyl (C=O) groups excluding carboxylic acids is 1. The van der Waals surface area contributed by atoms with Gasteiger partial charge in [-0.2, -0.15) is 0 Å². The quantitative estimate of drug-likeness (QED) is 0.917. The van der Waals surface area contributed by atoms with Crippen molar-refractivity contribution < 1.29 is 9.53 Å². The molecule has 1 aromatic carbocycles. The molecule has 0 aliphatic carbocycles. The number of hydrogen-bond acceptors (Lipinski definition) is 5. The average molecular weight is 298 g/mol. The Bertz CT molecular complexity index is 657. The highest BCUT2D eigenvalue weighted by Gasteiger charge is 2.21. The summed E-state index contributed by atoms with van der Waals surface area (Å²) in [7, 11) is 0. The molecule has 6 heteroatoms. The number of benzene rings is 1. The first-order valence-corrected chi connectivity index (χ1v) is 7.23. The van der Waals surface area contributed by atoms with Gasteiger partial charge in [-0.3, -0.25) is 0 Å². The molecule has 1 amide bonds. The summed E-state index contributed by atoms with van der Waals surface area (Å²) in [6.45, 7) is 4.33. The van der Waals surface area contributed by atoms with Crippen molar-refractivity contribution in [3.8, 4) is 0 Å². The van der Waals surface area contributed by atoms with Gasteiger partial charge in [-0.1, -0.05) is 12.1 Å². The van der Waals surface area contributed by atoms with E-state index in [0.717, 1.165) is 22.6 Å². The molecule has 1 aliphatic heterocycles. The molecule has 2 heterocycles. The number of cyclic esters (lactones) is 1. The summed E-state index contributed by atoms with van der Waals surface area (Å²) in [5, 5.41) is 3.32. The highest BCUT2D eigenvalue weighted by Crippen LogP contribution is 2.14. The molecule has 1 saturated heterocycles. The van der Waals surface area contributed by atoms with E-state index >= 15 is 0 Å². The first-order valence-electron chi connectivity index (χ1n) is 7.23. The first kappa shape index (κ1) is 14.3. The summed E-state index contributed by atoms with van der Waals surface area (Å²) >= 11 is 0. The normalized spacial score (nSPS) is 14.0. The Morgan fingerprint density at radius 1 is 1.27 bits per heavy atom. The van der Waals surface area contributed by atoms with Crippen LogP contribution in [0.2, 0.25) is 0 Å². The fraction of sp³-hybridized carbons (Fsp3) is 0.312. The van der Waals surface area contributed by atoms with Crippen molar-refractivity contribution in [1.29, 1.82) is 0 Å². The Balaban J connectivity index is 1.56. The van der Waals surface area contributed by atoms with Crippen molar-refractivity contribution in [2.75, 3.05) is 18.5 Å². The van der Waals surface area contributed by atoms with Crippen molar-refractivity contribution in [3.63, 3.8) is 0 Å². The third-order valence-electron chi connectivity index (χ3n) is 3.51. The van der Waals surface area contributed by atoms with Crippen LogP contribution in [-0.4, -0.2) is 34.1 Å². The molecule has 0 radical (unpaired) electrons. The second-order valence-electron chi connectivity index (χ2n) is 5.24. The van der Waals surface area contributed by atoms with Crippen molar-refractivity contribution in [3.05, 3.63) is 53.6 Å². The molecule has 1 aromatic heterocycles. The number of nitrogens with zero attached hydrogens (tertiary/aromatic N) is 3. The Morgan fingerprint density at radius 2 is 2.09 bits per heavy atom. The summed E-state index contributed by atoms with van der Waals surface area (Å²) in [6.07, 6.45) is 1.34. The zero-order valence-corrected chi connectivity index (χ0v) is 12.5. The number of ether oxygens (including phenoxy) is 1. The predicted molar refractivity (Wildman–Crippen MR) is 82.3 cm³/mol. The van der Waals surface area contributed by atoms with Crippen LogP contribution in [0.25, 0.3) is 0 Å². The number of anilines is 1. The molecule has 1 N–H and O–H groups in total. The monoisotopic (exact) mass is 298 g/mol. The van der Waals surface area contributed by atoms with Crippen LogP contribution in [-0.2, 0) is 17.8 Å². The maximum absolute atomic E-state index is 11.4. The SMILES string of the molecule is Cc1cc(CNc2ccc(CN3CCOC3=O)cc2)ncn1. The summed E-state index contributed by atoms with van der Waals surface area (Å²) in [6, 6.07) is 9.99. The van der Waals surface area contributed by atoms with Gasteiger partial charge in [0.1, 0.15) is 12.9 Å². The molecular weight excluding hydrogens is 280 g/mol. The van der Waals surface area contributed by atoms with Crippen molar-refractivity contribution in [2.24, 2.45) is 0 Å². The topological polar surface area (TPSA) is 67.3 Å². The molecule has 0 unspecified atom stereocenters. The molecule has 22 heavy (non-hydrogen) atoms. The maximum atomic E-state index is 11.4. The molecule has 0 bridgehead atoms. The van der Waals surface area contributed by atoms with E-state index in [1.165, 1.54) is 0 Å². The zero-order valence-electron chi connectivity index (χ0n) is 12.5. The van der Waals surface area contributed by atoms with Crippen LogP contribution >= 0.6 is 0 Å². The largest absolute Gasteiger partial charge is 0.448 e. The second-order valence-corrected chi connectivity index (χ2v) is 5.24. The summed E-state index contributed by atoms with van der Waals surface area (Å²) in [5.41, 5.74) is 4.02. The first-order chi connectivity index (χ1) is 10.7. The third-order valence-corrected chi connectivity index (χ3v) is 3.51. The number of aryl methyl sites for hydroxylation is 1. The lowest BCUT2D eigenvalue weighted by atomic mass is 10.2. The smallest absolute Gasteiger partial charge is 0.410 e. The van der Waals surface area contributed by atoms with Crippen LogP contribution in [0.3, 0.4) is 0 Å². The number of nitrogens with one attached hydrogen (secondary N) is 1. The van der Waals surface area contributed by atoms with Gasteiger partial charge >= 0.3 is 6.09 Å². The second kappa shape index (κ2) is 6.43. The number of hydrogen-bond donors (Lipinski definition) is 1. The lowest BCUT2D eigenvalue weighted by Gasteiger charge is -2.13. The van der Waals surface area contributed by atoms with Crippen LogP contribution < -0.4 is 5.32 Å². The highest BCUT2D eigenvalue weighted by atomic mass is 16.6. The molecule has 3 rings (SSSR count). The Kier molecular flexibility index (Phi) is 4.18. The Morgan fingerprint density at radius 3 is 2.77 bits per heavy atom. The van der Waals surface area contributed by atoms with Crippen molar-refractivity contribution in [1.82, 2.24) is 14.9 Å². The van der Waals surface area contributed by atoms with Crippen LogP contribution in [0.15, 0.2) is 36.7 Å². The average Bonchev–Trinajstić information content (AvgIpc) is 2.92. The molecular formula is C16H18N4O2.